The fourth-order valence-corrected chi connectivity index (χ4v) is 2.69. The largest absolute Gasteiger partial charge is 0.492 e. The smallest absolute Gasteiger partial charge is 0.224 e. The first-order chi connectivity index (χ1) is 12.6. The highest BCUT2D eigenvalue weighted by Gasteiger charge is 2.07. The van der Waals surface area contributed by atoms with Crippen LogP contribution in [0.15, 0.2) is 48.5 Å². The van der Waals surface area contributed by atoms with Crippen LogP contribution in [-0.4, -0.2) is 37.0 Å². The molecule has 3 N–H and O–H groups in total. The van der Waals surface area contributed by atoms with E-state index in [1.807, 2.05) is 48.5 Å². The third-order valence-corrected chi connectivity index (χ3v) is 4.35. The Hall–Kier alpha value is -1.95. The molecule has 0 unspecified atom stereocenters. The molecule has 0 aliphatic rings. The minimum atomic E-state index is -0.0206. The second-order valence-electron chi connectivity index (χ2n) is 6.18. The van der Waals surface area contributed by atoms with Gasteiger partial charge in [-0.05, 0) is 36.9 Å². The molecule has 28 heavy (non-hydrogen) atoms. The second kappa shape index (κ2) is 14.1. The van der Waals surface area contributed by atoms with E-state index in [1.54, 1.807) is 0 Å². The van der Waals surface area contributed by atoms with E-state index >= 15 is 0 Å². The van der Waals surface area contributed by atoms with Gasteiger partial charge in [0.25, 0.3) is 0 Å². The summed E-state index contributed by atoms with van der Waals surface area (Å²) in [5.74, 6) is 0.806. The van der Waals surface area contributed by atoms with E-state index in [1.165, 1.54) is 0 Å². The van der Waals surface area contributed by atoms with Gasteiger partial charge in [0, 0.05) is 24.3 Å². The first-order valence-corrected chi connectivity index (χ1v) is 9.16. The summed E-state index contributed by atoms with van der Waals surface area (Å²) in [5, 5.41) is 2.96. The number of hydrogen-bond acceptors (Lipinski definition) is 4. The minimum Gasteiger partial charge on any atom is -0.492 e. The number of nitrogens with zero attached hydrogens (tertiary/aromatic N) is 1. The molecule has 2 rings (SSSR count). The van der Waals surface area contributed by atoms with Gasteiger partial charge >= 0.3 is 0 Å². The molecule has 5 nitrogen and oxygen atoms in total. The maximum Gasteiger partial charge on any atom is 0.224 e. The molecule has 156 valence electrons. The van der Waals surface area contributed by atoms with E-state index in [-0.39, 0.29) is 30.7 Å². The number of nitrogen functional groups attached to an aromatic ring is 1. The van der Waals surface area contributed by atoms with Gasteiger partial charge in [-0.1, -0.05) is 44.2 Å². The lowest BCUT2D eigenvalue weighted by molar-refractivity contribution is -0.120. The van der Waals surface area contributed by atoms with E-state index in [4.69, 9.17) is 10.5 Å². The molecule has 0 fully saturated rings. The molecule has 0 saturated carbocycles. The predicted molar refractivity (Wildman–Crippen MR) is 121 cm³/mol. The molecular weight excluding hydrogens is 397 g/mol. The molecule has 0 spiro atoms. The highest BCUT2D eigenvalue weighted by Crippen LogP contribution is 2.17. The molecule has 0 bridgehead atoms. The number of halogens is 2. The van der Waals surface area contributed by atoms with Crippen molar-refractivity contribution in [1.82, 2.24) is 10.2 Å². The van der Waals surface area contributed by atoms with Crippen molar-refractivity contribution >= 4 is 36.4 Å². The van der Waals surface area contributed by atoms with Gasteiger partial charge in [-0.25, -0.2) is 0 Å². The van der Waals surface area contributed by atoms with Gasteiger partial charge in [0.2, 0.25) is 5.91 Å². The average Bonchev–Trinajstić information content (AvgIpc) is 2.66. The molecule has 0 aromatic heterocycles. The van der Waals surface area contributed by atoms with Crippen LogP contribution in [0.1, 0.15) is 25.0 Å². The van der Waals surface area contributed by atoms with E-state index in [9.17, 15) is 4.79 Å². The fourth-order valence-electron chi connectivity index (χ4n) is 2.69. The van der Waals surface area contributed by atoms with Gasteiger partial charge < -0.3 is 20.7 Å². The van der Waals surface area contributed by atoms with Gasteiger partial charge in [-0.15, -0.1) is 24.8 Å². The molecule has 0 atom stereocenters. The van der Waals surface area contributed by atoms with Crippen molar-refractivity contribution in [3.8, 4) is 5.75 Å². The van der Waals surface area contributed by atoms with Crippen molar-refractivity contribution in [2.45, 2.75) is 26.8 Å². The van der Waals surface area contributed by atoms with Gasteiger partial charge in [0.1, 0.15) is 12.4 Å². The van der Waals surface area contributed by atoms with Crippen LogP contribution in [0.5, 0.6) is 5.75 Å². The van der Waals surface area contributed by atoms with E-state index in [0.717, 1.165) is 36.5 Å². The number of benzene rings is 2. The molecule has 0 heterocycles. The molecular formula is C21H31Cl2N3O2. The van der Waals surface area contributed by atoms with Crippen LogP contribution in [-0.2, 0) is 17.8 Å². The molecule has 0 aliphatic heterocycles. The Morgan fingerprint density at radius 2 is 1.68 bits per heavy atom. The normalized spacial score (nSPS) is 9.96. The highest BCUT2D eigenvalue weighted by molar-refractivity contribution is 5.85. The van der Waals surface area contributed by atoms with Gasteiger partial charge in [0.05, 0.1) is 6.42 Å². The maximum atomic E-state index is 12.2. The fraction of sp³-hybridized carbons (Fsp3) is 0.381. The number of nitrogens with one attached hydrogen (secondary N) is 1. The first-order valence-electron chi connectivity index (χ1n) is 9.16. The third kappa shape index (κ3) is 8.83. The SMILES string of the molecule is CCN(CC)CCOc1ccccc1CNC(=O)Cc1ccc(N)cc1.Cl.Cl. The number of ether oxygens (including phenoxy) is 1. The van der Waals surface area contributed by atoms with E-state index < -0.39 is 0 Å². The number of nitrogens with two attached hydrogens (primary N) is 1. The van der Waals surface area contributed by atoms with Crippen LogP contribution in [0.25, 0.3) is 0 Å². The maximum absolute atomic E-state index is 12.2. The lowest BCUT2D eigenvalue weighted by atomic mass is 10.1. The Labute approximate surface area is 180 Å². The molecule has 0 saturated heterocycles. The molecule has 0 radical (unpaired) electrons. The number of carbonyl (C=O) groups is 1. The van der Waals surface area contributed by atoms with Gasteiger partial charge in [-0.2, -0.15) is 0 Å². The number of hydrogen-bond donors (Lipinski definition) is 2. The zero-order valence-corrected chi connectivity index (χ0v) is 18.2. The van der Waals surface area contributed by atoms with Crippen molar-refractivity contribution in [2.75, 3.05) is 32.0 Å². The van der Waals surface area contributed by atoms with Crippen molar-refractivity contribution < 1.29 is 9.53 Å². The molecule has 1 amide bonds. The highest BCUT2D eigenvalue weighted by atomic mass is 35.5. The zero-order valence-electron chi connectivity index (χ0n) is 16.5. The Kier molecular flexibility index (Phi) is 13.1. The van der Waals surface area contributed by atoms with E-state index in [2.05, 4.69) is 24.1 Å². The summed E-state index contributed by atoms with van der Waals surface area (Å²) in [6, 6.07) is 15.2. The summed E-state index contributed by atoms with van der Waals surface area (Å²) in [6.45, 7) is 8.31. The van der Waals surface area contributed by atoms with Crippen molar-refractivity contribution in [3.63, 3.8) is 0 Å². The average molecular weight is 428 g/mol. The Morgan fingerprint density at radius 1 is 1.04 bits per heavy atom. The summed E-state index contributed by atoms with van der Waals surface area (Å²) in [5.41, 5.74) is 8.30. The quantitative estimate of drug-likeness (QED) is 0.567. The summed E-state index contributed by atoms with van der Waals surface area (Å²) < 4.78 is 5.93. The number of amides is 1. The van der Waals surface area contributed by atoms with Gasteiger partial charge in [0.15, 0.2) is 0 Å². The first kappa shape index (κ1) is 26.1. The van der Waals surface area contributed by atoms with Gasteiger partial charge in [-0.3, -0.25) is 4.79 Å². The molecule has 0 aliphatic carbocycles. The van der Waals surface area contributed by atoms with Crippen molar-refractivity contribution in [1.29, 1.82) is 0 Å². The monoisotopic (exact) mass is 427 g/mol. The standard InChI is InChI=1S/C21H29N3O2.2ClH/c1-3-24(4-2)13-14-26-20-8-6-5-7-18(20)16-23-21(25)15-17-9-11-19(22)12-10-17;;/h5-12H,3-4,13-16,22H2,1-2H3,(H,23,25);2*1H. The van der Waals surface area contributed by atoms with Crippen LogP contribution < -0.4 is 15.8 Å². The van der Waals surface area contributed by atoms with Crippen LogP contribution in [0.2, 0.25) is 0 Å². The Morgan fingerprint density at radius 3 is 2.32 bits per heavy atom. The van der Waals surface area contributed by atoms with Crippen molar-refractivity contribution in [2.24, 2.45) is 0 Å². The van der Waals surface area contributed by atoms with Crippen LogP contribution in [0.3, 0.4) is 0 Å². The predicted octanol–water partition coefficient (Wildman–Crippen LogP) is 3.69. The minimum absolute atomic E-state index is 0. The summed E-state index contributed by atoms with van der Waals surface area (Å²) >= 11 is 0. The summed E-state index contributed by atoms with van der Waals surface area (Å²) in [4.78, 5) is 14.5. The third-order valence-electron chi connectivity index (χ3n) is 4.35. The Balaban J connectivity index is 0.00000364. The molecule has 7 heteroatoms. The second-order valence-corrected chi connectivity index (χ2v) is 6.18. The lowest BCUT2D eigenvalue weighted by Gasteiger charge is -2.19. The number of carbonyl (C=O) groups excluding carboxylic acids is 1. The van der Waals surface area contributed by atoms with Crippen molar-refractivity contribution in [3.05, 3.63) is 59.7 Å². The Bertz CT molecular complexity index is 692. The molecule has 2 aromatic carbocycles. The number of likely N-dealkylation sites (N-methyl/N-ethyl adjacent to an activating group) is 1. The van der Waals surface area contributed by atoms with Crippen LogP contribution >= 0.6 is 24.8 Å². The van der Waals surface area contributed by atoms with Crippen LogP contribution in [0, 0.1) is 0 Å². The number of rotatable bonds is 10. The molecule has 2 aromatic rings. The van der Waals surface area contributed by atoms with Crippen LogP contribution in [0.4, 0.5) is 5.69 Å². The number of anilines is 1. The summed E-state index contributed by atoms with van der Waals surface area (Å²) in [7, 11) is 0. The zero-order chi connectivity index (χ0) is 18.8. The lowest BCUT2D eigenvalue weighted by Crippen LogP contribution is -2.28. The summed E-state index contributed by atoms with van der Waals surface area (Å²) in [6.07, 6.45) is 0.339. The number of para-hydroxylation sites is 1. The van der Waals surface area contributed by atoms with E-state index in [0.29, 0.717) is 25.3 Å². The topological polar surface area (TPSA) is 67.6 Å².